The van der Waals surface area contributed by atoms with Crippen molar-refractivity contribution in [3.63, 3.8) is 0 Å². The molecule has 3 heterocycles. The molecular weight excluding hydrogens is 408 g/mol. The summed E-state index contributed by atoms with van der Waals surface area (Å²) in [6.45, 7) is 5.75. The van der Waals surface area contributed by atoms with Crippen LogP contribution in [-0.2, 0) is 11.2 Å². The van der Waals surface area contributed by atoms with Crippen LogP contribution in [0.15, 0.2) is 34.3 Å². The molecule has 7 nitrogen and oxygen atoms in total. The average Bonchev–Trinajstić information content (AvgIpc) is 3.39. The molecule has 0 saturated heterocycles. The minimum Gasteiger partial charge on any atom is -0.469 e. The van der Waals surface area contributed by atoms with Crippen molar-refractivity contribution in [2.75, 3.05) is 10.6 Å². The first-order valence-corrected chi connectivity index (χ1v) is 10.6. The predicted octanol–water partition coefficient (Wildman–Crippen LogP) is 4.70. The van der Waals surface area contributed by atoms with Gasteiger partial charge in [0, 0.05) is 5.38 Å². The first-order chi connectivity index (χ1) is 13.9. The highest BCUT2D eigenvalue weighted by atomic mass is 32.1. The van der Waals surface area contributed by atoms with Gasteiger partial charge in [0.25, 0.3) is 5.91 Å². The lowest BCUT2D eigenvalue weighted by Gasteiger charge is -2.00. The van der Waals surface area contributed by atoms with Crippen molar-refractivity contribution in [2.24, 2.45) is 0 Å². The van der Waals surface area contributed by atoms with E-state index in [1.54, 1.807) is 18.4 Å². The Bertz CT molecular complexity index is 1180. The molecule has 0 fully saturated rings. The Balaban J connectivity index is 1.41. The Morgan fingerprint density at radius 3 is 2.55 bits per heavy atom. The Labute approximate surface area is 174 Å². The van der Waals surface area contributed by atoms with Gasteiger partial charge >= 0.3 is 0 Å². The van der Waals surface area contributed by atoms with Crippen LogP contribution in [0.2, 0.25) is 0 Å². The fourth-order valence-corrected chi connectivity index (χ4v) is 4.60. The molecular formula is C20H18N4O3S2. The molecule has 2 amide bonds. The number of fused-ring (bicyclic) bond motifs is 1. The molecule has 1 aromatic carbocycles. The summed E-state index contributed by atoms with van der Waals surface area (Å²) < 4.78 is 6.22. The summed E-state index contributed by atoms with van der Waals surface area (Å²) in [5, 5.41) is 8.33. The van der Waals surface area contributed by atoms with Crippen molar-refractivity contribution in [3.05, 3.63) is 58.0 Å². The van der Waals surface area contributed by atoms with E-state index in [1.807, 2.05) is 19.9 Å². The van der Waals surface area contributed by atoms with Gasteiger partial charge in [-0.2, -0.15) is 0 Å². The highest BCUT2D eigenvalue weighted by molar-refractivity contribution is 7.22. The van der Waals surface area contributed by atoms with Crippen LogP contribution in [0.3, 0.4) is 0 Å². The molecule has 4 rings (SSSR count). The van der Waals surface area contributed by atoms with E-state index in [9.17, 15) is 9.59 Å². The maximum atomic E-state index is 12.4. The van der Waals surface area contributed by atoms with Crippen molar-refractivity contribution in [1.29, 1.82) is 0 Å². The quantitative estimate of drug-likeness (QED) is 0.482. The summed E-state index contributed by atoms with van der Waals surface area (Å²) in [7, 11) is 0. The molecule has 2 N–H and O–H groups in total. The highest BCUT2D eigenvalue weighted by Gasteiger charge is 2.15. The van der Waals surface area contributed by atoms with Gasteiger partial charge in [-0.1, -0.05) is 23.5 Å². The van der Waals surface area contributed by atoms with Crippen molar-refractivity contribution in [3.8, 4) is 0 Å². The summed E-state index contributed by atoms with van der Waals surface area (Å²) in [5.41, 5.74) is 4.17. The number of amides is 2. The number of anilines is 2. The summed E-state index contributed by atoms with van der Waals surface area (Å²) in [6, 6.07) is 5.69. The number of hydrogen-bond donors (Lipinski definition) is 2. The van der Waals surface area contributed by atoms with Crippen molar-refractivity contribution >= 4 is 55.0 Å². The molecule has 0 radical (unpaired) electrons. The average molecular weight is 427 g/mol. The van der Waals surface area contributed by atoms with Gasteiger partial charge in [-0.25, -0.2) is 9.97 Å². The molecule has 9 heteroatoms. The number of furan rings is 1. The van der Waals surface area contributed by atoms with Gasteiger partial charge in [0.15, 0.2) is 10.3 Å². The van der Waals surface area contributed by atoms with E-state index in [-0.39, 0.29) is 18.2 Å². The van der Waals surface area contributed by atoms with E-state index in [0.717, 1.165) is 21.3 Å². The van der Waals surface area contributed by atoms with Crippen LogP contribution in [0.1, 0.15) is 32.9 Å². The van der Waals surface area contributed by atoms with Gasteiger partial charge in [-0.05, 0) is 38.0 Å². The highest BCUT2D eigenvalue weighted by Crippen LogP contribution is 2.31. The van der Waals surface area contributed by atoms with E-state index in [4.69, 9.17) is 4.42 Å². The second-order valence-corrected chi connectivity index (χ2v) is 8.47. The van der Waals surface area contributed by atoms with E-state index in [1.165, 1.54) is 28.9 Å². The van der Waals surface area contributed by atoms with Crippen LogP contribution in [0.5, 0.6) is 0 Å². The number of thiazole rings is 2. The summed E-state index contributed by atoms with van der Waals surface area (Å²) >= 11 is 2.73. The normalized spacial score (nSPS) is 11.0. The number of nitrogens with one attached hydrogen (secondary N) is 2. The van der Waals surface area contributed by atoms with Gasteiger partial charge < -0.3 is 9.73 Å². The number of nitrogens with zero attached hydrogens (tertiary/aromatic N) is 2. The Hall–Kier alpha value is -3.04. The molecule has 0 aliphatic heterocycles. The lowest BCUT2D eigenvalue weighted by atomic mass is 10.1. The maximum Gasteiger partial charge on any atom is 0.260 e. The minimum atomic E-state index is -0.290. The minimum absolute atomic E-state index is 0.102. The number of carbonyl (C=O) groups excluding carboxylic acids is 2. The molecule has 0 unspecified atom stereocenters. The van der Waals surface area contributed by atoms with Crippen molar-refractivity contribution < 1.29 is 14.0 Å². The fraction of sp³-hybridized carbons (Fsp3) is 0.200. The van der Waals surface area contributed by atoms with E-state index in [2.05, 4.69) is 26.7 Å². The standard InChI is InChI=1S/C20H18N4O3S2/c1-10-4-5-11(2)17-16(10)23-20(29-17)22-15(25)8-13-9-28-19(21-13)24-18(26)14-6-7-27-12(14)3/h4-7,9H,8H2,1-3H3,(H,21,24,26)(H,22,23,25). The first-order valence-electron chi connectivity index (χ1n) is 8.87. The zero-order valence-electron chi connectivity index (χ0n) is 16.0. The maximum absolute atomic E-state index is 12.4. The van der Waals surface area contributed by atoms with Gasteiger partial charge in [0.2, 0.25) is 5.91 Å². The summed E-state index contributed by atoms with van der Waals surface area (Å²) in [5.74, 6) is 0.0509. The molecule has 0 saturated carbocycles. The van der Waals surface area contributed by atoms with Crippen LogP contribution in [0, 0.1) is 20.8 Å². The Morgan fingerprint density at radius 2 is 1.83 bits per heavy atom. The van der Waals surface area contributed by atoms with Crippen LogP contribution in [-0.4, -0.2) is 21.8 Å². The molecule has 4 aromatic rings. The summed E-state index contributed by atoms with van der Waals surface area (Å²) in [6.07, 6.45) is 1.57. The Morgan fingerprint density at radius 1 is 1.03 bits per heavy atom. The van der Waals surface area contributed by atoms with Gasteiger partial charge in [-0.15, -0.1) is 11.3 Å². The van der Waals surface area contributed by atoms with Crippen LogP contribution in [0.25, 0.3) is 10.2 Å². The molecule has 0 aliphatic rings. The third kappa shape index (κ3) is 4.06. The third-order valence-electron chi connectivity index (χ3n) is 4.41. The number of rotatable bonds is 5. The van der Waals surface area contributed by atoms with Gasteiger partial charge in [-0.3, -0.25) is 14.9 Å². The van der Waals surface area contributed by atoms with E-state index < -0.39 is 0 Å². The SMILES string of the molecule is Cc1occc1C(=O)Nc1nc(CC(=O)Nc2nc3c(C)ccc(C)c3s2)cs1. The van der Waals surface area contributed by atoms with E-state index in [0.29, 0.717) is 27.3 Å². The molecule has 0 bridgehead atoms. The smallest absolute Gasteiger partial charge is 0.260 e. The largest absolute Gasteiger partial charge is 0.469 e. The fourth-order valence-electron chi connectivity index (χ4n) is 2.87. The molecule has 0 spiro atoms. The topological polar surface area (TPSA) is 97.1 Å². The van der Waals surface area contributed by atoms with Gasteiger partial charge in [0.1, 0.15) is 5.76 Å². The molecule has 29 heavy (non-hydrogen) atoms. The number of aromatic nitrogens is 2. The second kappa shape index (κ2) is 7.76. The lowest BCUT2D eigenvalue weighted by Crippen LogP contribution is -2.15. The third-order valence-corrected chi connectivity index (χ3v) is 6.32. The predicted molar refractivity (Wildman–Crippen MR) is 115 cm³/mol. The number of hydrogen-bond acceptors (Lipinski definition) is 7. The second-order valence-electron chi connectivity index (χ2n) is 6.61. The van der Waals surface area contributed by atoms with Crippen molar-refractivity contribution in [1.82, 2.24) is 9.97 Å². The number of carbonyl (C=O) groups is 2. The van der Waals surface area contributed by atoms with Crippen LogP contribution < -0.4 is 10.6 Å². The molecule has 0 atom stereocenters. The van der Waals surface area contributed by atoms with Gasteiger partial charge in [0.05, 0.1) is 34.2 Å². The monoisotopic (exact) mass is 426 g/mol. The zero-order chi connectivity index (χ0) is 20.5. The number of aryl methyl sites for hydroxylation is 3. The van der Waals surface area contributed by atoms with Crippen LogP contribution >= 0.6 is 22.7 Å². The molecule has 3 aromatic heterocycles. The molecule has 148 valence electrons. The Kier molecular flexibility index (Phi) is 5.16. The first kappa shape index (κ1) is 19.3. The lowest BCUT2D eigenvalue weighted by molar-refractivity contribution is -0.115. The zero-order valence-corrected chi connectivity index (χ0v) is 17.7. The van der Waals surface area contributed by atoms with Crippen LogP contribution in [0.4, 0.5) is 10.3 Å². The number of benzene rings is 1. The van der Waals surface area contributed by atoms with E-state index >= 15 is 0 Å². The van der Waals surface area contributed by atoms with Crippen molar-refractivity contribution in [2.45, 2.75) is 27.2 Å². The molecule has 0 aliphatic carbocycles. The summed E-state index contributed by atoms with van der Waals surface area (Å²) in [4.78, 5) is 33.5.